The highest BCUT2D eigenvalue weighted by atomic mass is 16.5. The van der Waals surface area contributed by atoms with Gasteiger partial charge in [0.1, 0.15) is 17.0 Å². The molecule has 11 heteroatoms. The Bertz CT molecular complexity index is 1610. The lowest BCUT2D eigenvalue weighted by molar-refractivity contribution is 0.267. The number of unbranched alkanes of at least 4 members (excludes halogenated alkanes) is 1. The molecule has 3 heterocycles. The second kappa shape index (κ2) is 15.8. The number of aliphatic hydroxyl groups is 1. The summed E-state index contributed by atoms with van der Waals surface area (Å²) in [5, 5.41) is 16.8. The standard InChI is InChI=1S/C33H43N7O4/c1-6-8-10-25(21-41)37-32-31-28(38-33(39-32)36-17-22-11-12-26(43-4)15-29(22)44-5)14-23(18-35-31)27-16-30(42)34-19-24(27)20-40(3)13-9-7-2/h7,11-12,14-16,18-19,25,41H,2,6,8-10,13,17,20-21H2,1,3-5H3,(H,34,42)(H2,36,37,38,39). The molecule has 4 N–H and O–H groups in total. The van der Waals surface area contributed by atoms with E-state index in [-0.39, 0.29) is 18.2 Å². The predicted octanol–water partition coefficient (Wildman–Crippen LogP) is 4.98. The Hall–Kier alpha value is -4.48. The number of aromatic nitrogens is 4. The van der Waals surface area contributed by atoms with Crippen molar-refractivity contribution in [1.29, 1.82) is 0 Å². The molecule has 1 atom stereocenters. The van der Waals surface area contributed by atoms with Gasteiger partial charge >= 0.3 is 0 Å². The van der Waals surface area contributed by atoms with Crippen LogP contribution in [0.2, 0.25) is 0 Å². The van der Waals surface area contributed by atoms with Gasteiger partial charge in [0.05, 0.1) is 32.4 Å². The fourth-order valence-electron chi connectivity index (χ4n) is 4.95. The molecule has 44 heavy (non-hydrogen) atoms. The van der Waals surface area contributed by atoms with Gasteiger partial charge in [-0.15, -0.1) is 6.58 Å². The summed E-state index contributed by atoms with van der Waals surface area (Å²) in [5.74, 6) is 2.29. The molecule has 0 radical (unpaired) electrons. The van der Waals surface area contributed by atoms with Crippen molar-refractivity contribution in [3.8, 4) is 22.6 Å². The molecule has 0 aliphatic carbocycles. The summed E-state index contributed by atoms with van der Waals surface area (Å²) in [6.45, 7) is 7.78. The topological polar surface area (TPSA) is 138 Å². The summed E-state index contributed by atoms with van der Waals surface area (Å²) < 4.78 is 10.9. The van der Waals surface area contributed by atoms with E-state index in [1.807, 2.05) is 37.4 Å². The first-order valence-electron chi connectivity index (χ1n) is 14.9. The average molecular weight is 602 g/mol. The maximum atomic E-state index is 12.4. The van der Waals surface area contributed by atoms with E-state index in [0.717, 1.165) is 54.5 Å². The highest BCUT2D eigenvalue weighted by Crippen LogP contribution is 2.29. The number of ether oxygens (including phenoxy) is 2. The van der Waals surface area contributed by atoms with Crippen molar-refractivity contribution in [3.05, 3.63) is 76.9 Å². The third-order valence-corrected chi connectivity index (χ3v) is 7.41. The Kier molecular flexibility index (Phi) is 11.7. The summed E-state index contributed by atoms with van der Waals surface area (Å²) in [6.07, 6.45) is 9.03. The van der Waals surface area contributed by atoms with Crippen LogP contribution in [-0.2, 0) is 13.1 Å². The summed E-state index contributed by atoms with van der Waals surface area (Å²) >= 11 is 0. The number of anilines is 2. The SMILES string of the molecule is C=CCCN(C)Cc1c[nH]c(=O)cc1-c1cnc2c(NC(CO)CCCC)nc(NCc3ccc(OC)cc3OC)nc2c1. The number of nitrogens with zero attached hydrogens (tertiary/aromatic N) is 4. The van der Waals surface area contributed by atoms with Gasteiger partial charge in [-0.1, -0.05) is 25.8 Å². The van der Waals surface area contributed by atoms with Gasteiger partial charge in [0.2, 0.25) is 11.5 Å². The highest BCUT2D eigenvalue weighted by molar-refractivity contribution is 5.89. The molecular weight excluding hydrogens is 558 g/mol. The molecule has 1 unspecified atom stereocenters. The molecule has 0 fully saturated rings. The molecule has 11 nitrogen and oxygen atoms in total. The lowest BCUT2D eigenvalue weighted by atomic mass is 10.0. The zero-order valence-corrected chi connectivity index (χ0v) is 26.0. The largest absolute Gasteiger partial charge is 0.497 e. The van der Waals surface area contributed by atoms with E-state index in [4.69, 9.17) is 24.4 Å². The van der Waals surface area contributed by atoms with E-state index >= 15 is 0 Å². The van der Waals surface area contributed by atoms with E-state index in [2.05, 4.69) is 34.0 Å². The predicted molar refractivity (Wildman–Crippen MR) is 175 cm³/mol. The number of aliphatic hydroxyl groups excluding tert-OH is 1. The summed E-state index contributed by atoms with van der Waals surface area (Å²) in [4.78, 5) is 31.7. The van der Waals surface area contributed by atoms with Crippen LogP contribution in [0, 0.1) is 0 Å². The van der Waals surface area contributed by atoms with Gasteiger partial charge in [-0.3, -0.25) is 9.78 Å². The third kappa shape index (κ3) is 8.33. The fourth-order valence-corrected chi connectivity index (χ4v) is 4.95. The molecule has 3 aromatic heterocycles. The van der Waals surface area contributed by atoms with Gasteiger partial charge in [-0.25, -0.2) is 4.98 Å². The lowest BCUT2D eigenvalue weighted by Gasteiger charge is -2.19. The molecule has 0 spiro atoms. The summed E-state index contributed by atoms with van der Waals surface area (Å²) in [7, 11) is 5.27. The van der Waals surface area contributed by atoms with Gasteiger partial charge in [0.15, 0.2) is 5.82 Å². The zero-order chi connectivity index (χ0) is 31.5. The van der Waals surface area contributed by atoms with Crippen LogP contribution in [0.4, 0.5) is 11.8 Å². The molecule has 0 bridgehead atoms. The fraction of sp³-hybridized carbons (Fsp3) is 0.394. The normalized spacial score (nSPS) is 11.9. The Morgan fingerprint density at radius 3 is 2.73 bits per heavy atom. The first-order chi connectivity index (χ1) is 21.4. The van der Waals surface area contributed by atoms with Crippen LogP contribution < -0.4 is 25.7 Å². The number of hydrogen-bond donors (Lipinski definition) is 4. The monoisotopic (exact) mass is 601 g/mol. The van der Waals surface area contributed by atoms with Crippen LogP contribution in [0.15, 0.2) is 60.2 Å². The first-order valence-corrected chi connectivity index (χ1v) is 14.9. The quantitative estimate of drug-likeness (QED) is 0.123. The van der Waals surface area contributed by atoms with Crippen LogP contribution >= 0.6 is 0 Å². The molecule has 0 saturated carbocycles. The van der Waals surface area contributed by atoms with E-state index in [9.17, 15) is 9.90 Å². The Morgan fingerprint density at radius 1 is 1.16 bits per heavy atom. The maximum Gasteiger partial charge on any atom is 0.248 e. The Morgan fingerprint density at radius 2 is 2.00 bits per heavy atom. The molecule has 0 aliphatic rings. The molecular formula is C33H43N7O4. The van der Waals surface area contributed by atoms with Crippen LogP contribution in [0.25, 0.3) is 22.2 Å². The van der Waals surface area contributed by atoms with Crippen LogP contribution in [0.5, 0.6) is 11.5 Å². The minimum absolute atomic E-state index is 0.0368. The molecule has 0 aliphatic heterocycles. The van der Waals surface area contributed by atoms with Crippen molar-refractivity contribution in [1.82, 2.24) is 24.8 Å². The number of nitrogens with one attached hydrogen (secondary N) is 3. The lowest BCUT2D eigenvalue weighted by Crippen LogP contribution is -2.25. The van der Waals surface area contributed by atoms with Crippen LogP contribution in [0.3, 0.4) is 0 Å². The maximum absolute atomic E-state index is 12.4. The second-order valence-corrected chi connectivity index (χ2v) is 10.7. The molecule has 0 saturated heterocycles. The third-order valence-electron chi connectivity index (χ3n) is 7.41. The van der Waals surface area contributed by atoms with Crippen LogP contribution in [0.1, 0.15) is 43.7 Å². The van der Waals surface area contributed by atoms with E-state index in [1.54, 1.807) is 32.7 Å². The molecule has 234 valence electrons. The van der Waals surface area contributed by atoms with Gasteiger partial charge in [-0.05, 0) is 49.2 Å². The number of fused-ring (bicyclic) bond motifs is 1. The smallest absolute Gasteiger partial charge is 0.248 e. The van der Waals surface area contributed by atoms with Crippen molar-refractivity contribution in [2.24, 2.45) is 0 Å². The van der Waals surface area contributed by atoms with Crippen LogP contribution in [-0.4, -0.2) is 70.4 Å². The number of methoxy groups -OCH3 is 2. The number of benzene rings is 1. The van der Waals surface area contributed by atoms with Gasteiger partial charge in [-0.2, -0.15) is 4.98 Å². The molecule has 4 aromatic rings. The number of pyridine rings is 2. The second-order valence-electron chi connectivity index (χ2n) is 10.7. The van der Waals surface area contributed by atoms with Crippen molar-refractivity contribution in [2.75, 3.05) is 45.1 Å². The first kappa shape index (κ1) is 32.4. The minimum Gasteiger partial charge on any atom is -0.497 e. The molecule has 1 aromatic carbocycles. The van der Waals surface area contributed by atoms with E-state index in [0.29, 0.717) is 47.4 Å². The van der Waals surface area contributed by atoms with Gasteiger partial charge in [0, 0.05) is 55.3 Å². The van der Waals surface area contributed by atoms with Gasteiger partial charge < -0.3 is 35.1 Å². The Labute approximate surface area is 258 Å². The van der Waals surface area contributed by atoms with E-state index < -0.39 is 0 Å². The number of aromatic amines is 1. The zero-order valence-electron chi connectivity index (χ0n) is 26.0. The van der Waals surface area contributed by atoms with Crippen molar-refractivity contribution < 1.29 is 14.6 Å². The summed E-state index contributed by atoms with van der Waals surface area (Å²) in [6, 6.07) is 8.97. The van der Waals surface area contributed by atoms with Crippen molar-refractivity contribution in [3.63, 3.8) is 0 Å². The van der Waals surface area contributed by atoms with Crippen molar-refractivity contribution >= 4 is 22.8 Å². The Balaban J connectivity index is 1.74. The molecule has 4 rings (SSSR count). The number of hydrogen-bond acceptors (Lipinski definition) is 10. The minimum atomic E-state index is -0.194. The average Bonchev–Trinajstić information content (AvgIpc) is 3.04. The van der Waals surface area contributed by atoms with Gasteiger partial charge in [0.25, 0.3) is 0 Å². The summed E-state index contributed by atoms with van der Waals surface area (Å²) in [5.41, 5.74) is 4.41. The number of rotatable bonds is 17. The number of H-pyrrole nitrogens is 1. The molecule has 0 amide bonds. The van der Waals surface area contributed by atoms with Crippen molar-refractivity contribution in [2.45, 2.75) is 51.7 Å². The van der Waals surface area contributed by atoms with E-state index in [1.165, 1.54) is 0 Å². The highest BCUT2D eigenvalue weighted by Gasteiger charge is 2.17.